The number of hydrogen-bond donors (Lipinski definition) is 3. The molecule has 0 saturated heterocycles. The number of anilines is 2. The number of rotatable bonds is 8. The molecule has 0 fully saturated rings. The Kier molecular flexibility index (Phi) is 7.34. The first-order valence-corrected chi connectivity index (χ1v) is 15.8. The Morgan fingerprint density at radius 1 is 1.00 bits per heavy atom. The molecule has 3 aromatic carbocycles. The highest BCUT2D eigenvalue weighted by Crippen LogP contribution is 2.38. The third-order valence-electron chi connectivity index (χ3n) is 6.59. The van der Waals surface area contributed by atoms with Gasteiger partial charge in [0.1, 0.15) is 22.9 Å². The van der Waals surface area contributed by atoms with Crippen LogP contribution in [0.5, 0.6) is 5.75 Å². The Morgan fingerprint density at radius 3 is 2.41 bits per heavy atom. The Bertz CT molecular complexity index is 1990. The molecule has 5 rings (SSSR count). The summed E-state index contributed by atoms with van der Waals surface area (Å²) in [7, 11) is -7.93. The normalized spacial score (nSPS) is 14.3. The zero-order chi connectivity index (χ0) is 29.5. The third kappa shape index (κ3) is 5.68. The van der Waals surface area contributed by atoms with Crippen molar-refractivity contribution in [2.75, 3.05) is 15.8 Å². The Balaban J connectivity index is 1.62. The average Bonchev–Trinajstić information content (AvgIpc) is 2.91. The quantitative estimate of drug-likeness (QED) is 0.265. The van der Waals surface area contributed by atoms with E-state index in [2.05, 4.69) is 10.0 Å². The summed E-state index contributed by atoms with van der Waals surface area (Å²) in [6, 6.07) is 12.7. The van der Waals surface area contributed by atoms with Gasteiger partial charge < -0.3 is 15.0 Å². The van der Waals surface area contributed by atoms with Crippen LogP contribution in [0.1, 0.15) is 30.9 Å². The summed E-state index contributed by atoms with van der Waals surface area (Å²) in [6.45, 7) is 1.77. The highest BCUT2D eigenvalue weighted by atomic mass is 32.2. The van der Waals surface area contributed by atoms with Gasteiger partial charge in [0.15, 0.2) is 0 Å². The van der Waals surface area contributed by atoms with Crippen LogP contribution in [0.2, 0.25) is 0 Å². The molecule has 0 spiro atoms. The number of pyridine rings is 1. The molecule has 0 amide bonds. The van der Waals surface area contributed by atoms with Gasteiger partial charge in [0.25, 0.3) is 5.56 Å². The molecular formula is C28H25F2N3O6S2. The van der Waals surface area contributed by atoms with Crippen LogP contribution in [0.3, 0.4) is 0 Å². The first-order chi connectivity index (χ1) is 19.4. The molecule has 0 bridgehead atoms. The van der Waals surface area contributed by atoms with Crippen LogP contribution >= 0.6 is 0 Å². The molecule has 41 heavy (non-hydrogen) atoms. The van der Waals surface area contributed by atoms with Crippen LogP contribution in [0.4, 0.5) is 20.2 Å². The number of hydrogen-bond acceptors (Lipinski definition) is 7. The number of halogens is 2. The number of sulfonamides is 1. The van der Waals surface area contributed by atoms with Crippen LogP contribution in [0.15, 0.2) is 75.8 Å². The van der Waals surface area contributed by atoms with Gasteiger partial charge in [-0.1, -0.05) is 25.5 Å². The van der Waals surface area contributed by atoms with E-state index < -0.39 is 48.4 Å². The molecule has 0 atom stereocenters. The zero-order valence-electron chi connectivity index (χ0n) is 21.7. The maximum atomic E-state index is 14.2. The molecule has 0 saturated carbocycles. The summed E-state index contributed by atoms with van der Waals surface area (Å²) in [6.07, 6.45) is 1.10. The molecule has 2 heterocycles. The molecule has 1 aromatic heterocycles. The molecule has 0 aliphatic carbocycles. The van der Waals surface area contributed by atoms with Crippen molar-refractivity contribution in [3.63, 3.8) is 0 Å². The number of aromatic hydroxyl groups is 1. The smallest absolute Gasteiger partial charge is 0.264 e. The summed E-state index contributed by atoms with van der Waals surface area (Å²) in [5.41, 5.74) is -0.632. The van der Waals surface area contributed by atoms with Gasteiger partial charge >= 0.3 is 0 Å². The minimum Gasteiger partial charge on any atom is -0.506 e. The van der Waals surface area contributed by atoms with Gasteiger partial charge in [0.05, 0.1) is 39.5 Å². The Morgan fingerprint density at radius 2 is 1.71 bits per heavy atom. The van der Waals surface area contributed by atoms with E-state index in [9.17, 15) is 35.5 Å². The number of nitrogens with zero attached hydrogens (tertiary/aromatic N) is 1. The number of nitrogens with one attached hydrogen (secondary N) is 2. The highest BCUT2D eigenvalue weighted by molar-refractivity contribution is 7.94. The van der Waals surface area contributed by atoms with Crippen LogP contribution < -0.4 is 15.6 Å². The fourth-order valence-electron chi connectivity index (χ4n) is 4.59. The molecule has 0 unspecified atom stereocenters. The number of benzene rings is 3. The van der Waals surface area contributed by atoms with Gasteiger partial charge in [-0.05, 0) is 60.5 Å². The molecule has 0 radical (unpaired) electrons. The predicted molar refractivity (Wildman–Crippen MR) is 153 cm³/mol. The van der Waals surface area contributed by atoms with E-state index in [0.717, 1.165) is 23.6 Å². The van der Waals surface area contributed by atoms with Gasteiger partial charge in [-0.2, -0.15) is 0 Å². The van der Waals surface area contributed by atoms with Crippen molar-refractivity contribution in [3.05, 3.63) is 99.2 Å². The molecular weight excluding hydrogens is 576 g/mol. The predicted octanol–water partition coefficient (Wildman–Crippen LogP) is 4.77. The number of unbranched alkanes of at least 4 members (excludes halogenated alkanes) is 1. The van der Waals surface area contributed by atoms with Crippen molar-refractivity contribution in [2.24, 2.45) is 0 Å². The molecule has 1 aliphatic rings. The third-order valence-corrected chi connectivity index (χ3v) is 9.46. The lowest BCUT2D eigenvalue weighted by atomic mass is 10.1. The topological polar surface area (TPSA) is 135 Å². The Labute approximate surface area is 234 Å². The number of sulfone groups is 1. The maximum Gasteiger partial charge on any atom is 0.264 e. The van der Waals surface area contributed by atoms with E-state index in [1.54, 1.807) is 0 Å². The van der Waals surface area contributed by atoms with Crippen LogP contribution in [-0.4, -0.2) is 32.3 Å². The lowest BCUT2D eigenvalue weighted by Crippen LogP contribution is -2.27. The number of fused-ring (bicyclic) bond motifs is 2. The minimum absolute atomic E-state index is 0.0376. The van der Waals surface area contributed by atoms with Gasteiger partial charge in [-0.25, -0.2) is 25.6 Å². The second-order valence-electron chi connectivity index (χ2n) is 9.59. The van der Waals surface area contributed by atoms with E-state index >= 15 is 0 Å². The van der Waals surface area contributed by atoms with Crippen molar-refractivity contribution in [2.45, 2.75) is 31.2 Å². The highest BCUT2D eigenvalue weighted by Gasteiger charge is 2.29. The van der Waals surface area contributed by atoms with E-state index in [1.807, 2.05) is 6.92 Å². The summed E-state index contributed by atoms with van der Waals surface area (Å²) >= 11 is 0. The van der Waals surface area contributed by atoms with Gasteiger partial charge in [-0.3, -0.25) is 9.52 Å². The monoisotopic (exact) mass is 601 g/mol. The summed E-state index contributed by atoms with van der Waals surface area (Å²) in [5.74, 6) is -1.92. The van der Waals surface area contributed by atoms with E-state index in [4.69, 9.17) is 0 Å². The van der Waals surface area contributed by atoms with Crippen molar-refractivity contribution in [3.8, 4) is 5.75 Å². The van der Waals surface area contributed by atoms with Crippen LogP contribution in [-0.2, 0) is 26.4 Å². The van der Waals surface area contributed by atoms with E-state index in [-0.39, 0.29) is 45.2 Å². The molecule has 4 aromatic rings. The fourth-order valence-corrected chi connectivity index (χ4v) is 7.18. The van der Waals surface area contributed by atoms with Crippen molar-refractivity contribution in [1.82, 2.24) is 4.57 Å². The summed E-state index contributed by atoms with van der Waals surface area (Å²) in [5, 5.41) is 14.7. The van der Waals surface area contributed by atoms with E-state index in [1.165, 1.54) is 47.0 Å². The largest absolute Gasteiger partial charge is 0.506 e. The van der Waals surface area contributed by atoms with Crippen LogP contribution in [0.25, 0.3) is 16.6 Å². The Hall–Kier alpha value is -4.23. The standard InChI is InChI=1S/C28H25F2N3O6S2/c1-2-3-12-41(38,39)32-20-9-10-22-25(14-20)40(36,37)16-23(31-22)26-27(34)21-13-19(30)8-11-24(21)33(28(26)35)15-17-4-6-18(29)7-5-17/h4-11,13-14,16,31-32,34H,2-3,12,15H2,1H3. The molecule has 3 N–H and O–H groups in total. The van der Waals surface area contributed by atoms with Gasteiger partial charge in [0, 0.05) is 11.1 Å². The van der Waals surface area contributed by atoms with E-state index in [0.29, 0.717) is 18.4 Å². The first-order valence-electron chi connectivity index (χ1n) is 12.6. The molecule has 9 nitrogen and oxygen atoms in total. The number of aromatic nitrogens is 1. The lowest BCUT2D eigenvalue weighted by Gasteiger charge is -2.22. The van der Waals surface area contributed by atoms with Crippen molar-refractivity contribution >= 4 is 47.8 Å². The van der Waals surface area contributed by atoms with Crippen LogP contribution in [0, 0.1) is 11.6 Å². The molecule has 13 heteroatoms. The maximum absolute atomic E-state index is 14.2. The molecule has 1 aliphatic heterocycles. The first kappa shape index (κ1) is 28.3. The second-order valence-corrected chi connectivity index (χ2v) is 13.2. The van der Waals surface area contributed by atoms with Gasteiger partial charge in [-0.15, -0.1) is 0 Å². The van der Waals surface area contributed by atoms with Crippen molar-refractivity contribution < 1.29 is 30.7 Å². The minimum atomic E-state index is -4.24. The summed E-state index contributed by atoms with van der Waals surface area (Å²) < 4.78 is 82.5. The van der Waals surface area contributed by atoms with Gasteiger partial charge in [0.2, 0.25) is 19.9 Å². The molecule has 214 valence electrons. The average molecular weight is 602 g/mol. The second kappa shape index (κ2) is 10.6. The zero-order valence-corrected chi connectivity index (χ0v) is 23.3. The lowest BCUT2D eigenvalue weighted by molar-refractivity contribution is 0.476. The fraction of sp³-hybridized carbons (Fsp3) is 0.179. The summed E-state index contributed by atoms with van der Waals surface area (Å²) in [4.78, 5) is 13.5. The SMILES string of the molecule is CCCCS(=O)(=O)Nc1ccc2c(c1)S(=O)(=O)C=C(c1c(O)c3cc(F)ccc3n(Cc3ccc(F)cc3)c1=O)N2. The van der Waals surface area contributed by atoms with Crippen molar-refractivity contribution in [1.29, 1.82) is 0 Å².